The first kappa shape index (κ1) is 20.3. The van der Waals surface area contributed by atoms with Gasteiger partial charge in [-0.2, -0.15) is 0 Å². The van der Waals surface area contributed by atoms with Crippen molar-refractivity contribution in [3.8, 4) is 22.4 Å². The molecule has 28 heavy (non-hydrogen) atoms. The van der Waals surface area contributed by atoms with E-state index < -0.39 is 22.8 Å². The van der Waals surface area contributed by atoms with Crippen LogP contribution in [-0.2, 0) is 6.54 Å². The summed E-state index contributed by atoms with van der Waals surface area (Å²) in [5.41, 5.74) is 0.368. The Balaban J connectivity index is 2.46. The van der Waals surface area contributed by atoms with Gasteiger partial charge >= 0.3 is 5.97 Å². The van der Waals surface area contributed by atoms with Crippen molar-refractivity contribution >= 4 is 33.5 Å². The van der Waals surface area contributed by atoms with Crippen molar-refractivity contribution in [3.05, 3.63) is 79.3 Å². The van der Waals surface area contributed by atoms with E-state index in [4.69, 9.17) is 11.6 Å². The van der Waals surface area contributed by atoms with Crippen molar-refractivity contribution in [2.45, 2.75) is 20.4 Å². The number of nitrogens with zero attached hydrogens (tertiary/aromatic N) is 1. The summed E-state index contributed by atoms with van der Waals surface area (Å²) in [5, 5.41) is 10.3. The Hall–Kier alpha value is -2.44. The van der Waals surface area contributed by atoms with Gasteiger partial charge in [-0.1, -0.05) is 39.7 Å². The number of aromatic nitrogens is 1. The monoisotopic (exact) mass is 463 g/mol. The molecule has 0 radical (unpaired) electrons. The van der Waals surface area contributed by atoms with Gasteiger partial charge in [0.25, 0.3) is 0 Å². The molecule has 0 aliphatic rings. The van der Waals surface area contributed by atoms with Gasteiger partial charge in [0.1, 0.15) is 11.4 Å². The Morgan fingerprint density at radius 1 is 1.21 bits per heavy atom. The highest BCUT2D eigenvalue weighted by Crippen LogP contribution is 2.32. The van der Waals surface area contributed by atoms with Gasteiger partial charge in [-0.25, -0.2) is 9.18 Å². The Labute approximate surface area is 174 Å². The summed E-state index contributed by atoms with van der Waals surface area (Å²) in [7, 11) is 0. The van der Waals surface area contributed by atoms with E-state index in [2.05, 4.69) is 15.9 Å². The van der Waals surface area contributed by atoms with Crippen molar-refractivity contribution in [2.75, 3.05) is 0 Å². The van der Waals surface area contributed by atoms with Crippen LogP contribution in [0.2, 0.25) is 5.02 Å². The normalized spacial score (nSPS) is 10.9. The van der Waals surface area contributed by atoms with Crippen molar-refractivity contribution in [2.24, 2.45) is 0 Å². The van der Waals surface area contributed by atoms with Gasteiger partial charge in [0.15, 0.2) is 0 Å². The second-order valence-electron chi connectivity index (χ2n) is 6.19. The standard InChI is InChI=1S/C21H16BrClFNO3/c1-3-25-11(2)17(12-4-7-14(23)8-5-12)20(26)18(21(27)28)19(25)15-9-6-13(22)10-16(15)24/h4-10H,3H2,1-2H3,(H,27,28). The summed E-state index contributed by atoms with van der Waals surface area (Å²) >= 11 is 9.12. The highest BCUT2D eigenvalue weighted by atomic mass is 79.9. The lowest BCUT2D eigenvalue weighted by atomic mass is 9.96. The van der Waals surface area contributed by atoms with E-state index in [1.165, 1.54) is 12.1 Å². The van der Waals surface area contributed by atoms with E-state index in [0.29, 0.717) is 27.3 Å². The van der Waals surface area contributed by atoms with E-state index >= 15 is 0 Å². The van der Waals surface area contributed by atoms with Gasteiger partial charge in [0, 0.05) is 32.9 Å². The molecule has 7 heteroatoms. The third-order valence-electron chi connectivity index (χ3n) is 4.58. The van der Waals surface area contributed by atoms with E-state index in [1.54, 1.807) is 41.8 Å². The number of carboxylic acid groups (broad SMARTS) is 1. The molecule has 0 unspecified atom stereocenters. The minimum Gasteiger partial charge on any atom is -0.477 e. The van der Waals surface area contributed by atoms with E-state index in [1.807, 2.05) is 6.92 Å². The summed E-state index contributed by atoms with van der Waals surface area (Å²) in [6, 6.07) is 10.9. The lowest BCUT2D eigenvalue weighted by Crippen LogP contribution is -2.25. The summed E-state index contributed by atoms with van der Waals surface area (Å²) in [6.07, 6.45) is 0. The minimum atomic E-state index is -1.40. The zero-order chi connectivity index (χ0) is 20.6. The molecule has 1 heterocycles. The zero-order valence-electron chi connectivity index (χ0n) is 15.1. The SMILES string of the molecule is CCn1c(C)c(-c2ccc(Cl)cc2)c(=O)c(C(=O)O)c1-c1ccc(Br)cc1F. The predicted octanol–water partition coefficient (Wildman–Crippen LogP) is 5.76. The van der Waals surface area contributed by atoms with Gasteiger partial charge in [-0.15, -0.1) is 0 Å². The third-order valence-corrected chi connectivity index (χ3v) is 5.32. The molecule has 1 aromatic heterocycles. The number of carbonyl (C=O) groups is 1. The molecule has 0 saturated carbocycles. The number of carboxylic acids is 1. The van der Waals surface area contributed by atoms with Crippen LogP contribution in [-0.4, -0.2) is 15.6 Å². The Bertz CT molecular complexity index is 1140. The van der Waals surface area contributed by atoms with E-state index in [-0.39, 0.29) is 16.8 Å². The van der Waals surface area contributed by atoms with Crippen LogP contribution in [0.3, 0.4) is 0 Å². The zero-order valence-corrected chi connectivity index (χ0v) is 17.4. The van der Waals surface area contributed by atoms with Crippen LogP contribution in [0, 0.1) is 12.7 Å². The molecule has 2 aromatic carbocycles. The van der Waals surface area contributed by atoms with Crippen molar-refractivity contribution in [1.29, 1.82) is 0 Å². The van der Waals surface area contributed by atoms with Crippen molar-refractivity contribution in [1.82, 2.24) is 4.57 Å². The fraction of sp³-hybridized carbons (Fsp3) is 0.143. The van der Waals surface area contributed by atoms with Crippen LogP contribution in [0.15, 0.2) is 51.7 Å². The molecule has 3 rings (SSSR count). The largest absolute Gasteiger partial charge is 0.477 e. The van der Waals surface area contributed by atoms with Crippen molar-refractivity contribution in [3.63, 3.8) is 0 Å². The van der Waals surface area contributed by atoms with Crippen LogP contribution in [0.5, 0.6) is 0 Å². The lowest BCUT2D eigenvalue weighted by Gasteiger charge is -2.21. The molecule has 1 N–H and O–H groups in total. The van der Waals surface area contributed by atoms with Crippen LogP contribution < -0.4 is 5.43 Å². The summed E-state index contributed by atoms with van der Waals surface area (Å²) in [6.45, 7) is 3.90. The van der Waals surface area contributed by atoms with Crippen LogP contribution in [0.25, 0.3) is 22.4 Å². The molecule has 0 fully saturated rings. The van der Waals surface area contributed by atoms with Crippen LogP contribution >= 0.6 is 27.5 Å². The first-order chi connectivity index (χ1) is 13.3. The smallest absolute Gasteiger partial charge is 0.341 e. The Morgan fingerprint density at radius 2 is 1.86 bits per heavy atom. The minimum absolute atomic E-state index is 0.0558. The molecule has 0 atom stereocenters. The molecule has 0 amide bonds. The number of aromatic carboxylic acids is 1. The summed E-state index contributed by atoms with van der Waals surface area (Å²) < 4.78 is 16.8. The topological polar surface area (TPSA) is 59.3 Å². The maximum atomic E-state index is 14.7. The van der Waals surface area contributed by atoms with Gasteiger partial charge in [-0.05, 0) is 49.7 Å². The number of benzene rings is 2. The molecule has 4 nitrogen and oxygen atoms in total. The molecule has 144 valence electrons. The maximum Gasteiger partial charge on any atom is 0.341 e. The second-order valence-corrected chi connectivity index (χ2v) is 7.55. The van der Waals surface area contributed by atoms with Gasteiger partial charge in [0.05, 0.1) is 5.69 Å². The van der Waals surface area contributed by atoms with Gasteiger partial charge < -0.3 is 9.67 Å². The predicted molar refractivity (Wildman–Crippen MR) is 112 cm³/mol. The maximum absolute atomic E-state index is 14.7. The molecule has 0 aliphatic carbocycles. The number of halogens is 3. The highest BCUT2D eigenvalue weighted by Gasteiger charge is 2.26. The number of hydrogen-bond donors (Lipinski definition) is 1. The quantitative estimate of drug-likeness (QED) is 0.534. The molecule has 0 saturated heterocycles. The first-order valence-electron chi connectivity index (χ1n) is 8.48. The highest BCUT2D eigenvalue weighted by molar-refractivity contribution is 9.10. The molecule has 0 bridgehead atoms. The molecular weight excluding hydrogens is 449 g/mol. The van der Waals surface area contributed by atoms with Crippen LogP contribution in [0.1, 0.15) is 23.0 Å². The first-order valence-corrected chi connectivity index (χ1v) is 9.65. The van der Waals surface area contributed by atoms with Crippen molar-refractivity contribution < 1.29 is 14.3 Å². The number of hydrogen-bond acceptors (Lipinski definition) is 2. The number of rotatable bonds is 4. The van der Waals surface area contributed by atoms with Gasteiger partial charge in [0.2, 0.25) is 5.43 Å². The summed E-state index contributed by atoms with van der Waals surface area (Å²) in [5.74, 6) is -2.02. The van der Waals surface area contributed by atoms with Gasteiger partial charge in [-0.3, -0.25) is 4.79 Å². The molecule has 3 aromatic rings. The fourth-order valence-electron chi connectivity index (χ4n) is 3.35. The molecule has 0 spiro atoms. The van der Waals surface area contributed by atoms with Crippen LogP contribution in [0.4, 0.5) is 4.39 Å². The summed E-state index contributed by atoms with van der Waals surface area (Å²) in [4.78, 5) is 25.2. The number of pyridine rings is 1. The molecule has 0 aliphatic heterocycles. The average Bonchev–Trinajstić information content (AvgIpc) is 2.62. The lowest BCUT2D eigenvalue weighted by molar-refractivity contribution is 0.0695. The third kappa shape index (κ3) is 3.50. The fourth-order valence-corrected chi connectivity index (χ4v) is 3.81. The second kappa shape index (κ2) is 7.89. The van der Waals surface area contributed by atoms with E-state index in [0.717, 1.165) is 0 Å². The Kier molecular flexibility index (Phi) is 5.72. The van der Waals surface area contributed by atoms with E-state index in [9.17, 15) is 19.1 Å². The average molecular weight is 465 g/mol. The molecular formula is C21H16BrClFNO3. The Morgan fingerprint density at radius 3 is 2.39 bits per heavy atom.